The minimum atomic E-state index is -4.21. The van der Waals surface area contributed by atoms with Gasteiger partial charge in [-0.3, -0.25) is 23.4 Å². The number of phosphoric acid groups is 1. The molecular formula is C18H27N6O10PS. The number of carbonyl (C=O) groups is 1. The van der Waals surface area contributed by atoms with Gasteiger partial charge in [0.15, 0.2) is 29.3 Å². The Balaban J connectivity index is 1.51. The van der Waals surface area contributed by atoms with E-state index in [9.17, 15) is 22.9 Å². The van der Waals surface area contributed by atoms with E-state index in [4.69, 9.17) is 23.0 Å². The SMILES string of the molecule is CN(NS(C)(=O)=O)c1ncnc2c1ncn2[C@@H]1O[C@@H]2OP(=O)(OCOC(=O)C(C)(C)C)O[C@H]2[C@@]1(C)O. The summed E-state index contributed by atoms with van der Waals surface area (Å²) in [6.45, 7) is 5.63. The van der Waals surface area contributed by atoms with Gasteiger partial charge in [0, 0.05) is 7.05 Å². The number of carbonyl (C=O) groups excluding carboxylic acids is 1. The number of hydrazine groups is 1. The maximum atomic E-state index is 12.8. The van der Waals surface area contributed by atoms with Crippen LogP contribution in [-0.4, -0.2) is 77.1 Å². The van der Waals surface area contributed by atoms with Crippen LogP contribution in [-0.2, 0) is 42.4 Å². The van der Waals surface area contributed by atoms with Crippen LogP contribution in [0.3, 0.4) is 0 Å². The molecule has 2 aromatic rings. The van der Waals surface area contributed by atoms with Gasteiger partial charge in [0.2, 0.25) is 23.1 Å². The molecule has 5 atom stereocenters. The number of aromatic nitrogens is 4. The zero-order valence-corrected chi connectivity index (χ0v) is 22.0. The van der Waals surface area contributed by atoms with Gasteiger partial charge < -0.3 is 14.6 Å². The maximum absolute atomic E-state index is 12.8. The molecular weight excluding hydrogens is 523 g/mol. The van der Waals surface area contributed by atoms with E-state index in [1.807, 2.05) is 0 Å². The standard InChI is InChI=1S/C18H27N6O10PS/c1-17(2,3)16(25)30-9-31-35(27)33-11-14(34-35)32-15(18(11,4)26)24-8-21-10-12(19-7-20-13(10)24)23(5)22-36(6,28)29/h7-8,11,14-15,22,26H,9H2,1-6H3/t11-,14-,15-,18-,35?/m1/s1. The van der Waals surface area contributed by atoms with Gasteiger partial charge in [-0.25, -0.2) is 32.5 Å². The number of esters is 1. The zero-order chi connectivity index (χ0) is 26.7. The molecule has 0 aromatic carbocycles. The van der Waals surface area contributed by atoms with Crippen LogP contribution in [0.5, 0.6) is 0 Å². The molecule has 1 unspecified atom stereocenters. The smallest absolute Gasteiger partial charge is 0.437 e. The van der Waals surface area contributed by atoms with Gasteiger partial charge in [-0.1, -0.05) is 0 Å². The topological polar surface area (TPSA) is 194 Å². The number of sulfonamides is 1. The lowest BCUT2D eigenvalue weighted by Crippen LogP contribution is -2.42. The summed E-state index contributed by atoms with van der Waals surface area (Å²) in [6.07, 6.45) is -0.184. The van der Waals surface area contributed by atoms with E-state index >= 15 is 0 Å². The molecule has 2 aliphatic rings. The van der Waals surface area contributed by atoms with Crippen LogP contribution in [0.15, 0.2) is 12.7 Å². The van der Waals surface area contributed by atoms with Crippen molar-refractivity contribution >= 4 is 40.8 Å². The number of nitrogens with zero attached hydrogens (tertiary/aromatic N) is 5. The molecule has 0 amide bonds. The molecule has 18 heteroatoms. The molecule has 0 aliphatic carbocycles. The van der Waals surface area contributed by atoms with E-state index in [0.29, 0.717) is 0 Å². The monoisotopic (exact) mass is 550 g/mol. The Kier molecular flexibility index (Phi) is 6.67. The Morgan fingerprint density at radius 3 is 2.64 bits per heavy atom. The molecule has 200 valence electrons. The van der Waals surface area contributed by atoms with Crippen molar-refractivity contribution in [3.8, 4) is 0 Å². The Bertz CT molecular complexity index is 1330. The summed E-state index contributed by atoms with van der Waals surface area (Å²) in [5.41, 5.74) is -2.18. The fourth-order valence-electron chi connectivity index (χ4n) is 3.60. The van der Waals surface area contributed by atoms with Crippen molar-refractivity contribution < 1.29 is 45.9 Å². The van der Waals surface area contributed by atoms with Crippen LogP contribution in [0, 0.1) is 5.41 Å². The van der Waals surface area contributed by atoms with E-state index in [1.54, 1.807) is 20.8 Å². The quantitative estimate of drug-likeness (QED) is 0.208. The lowest BCUT2D eigenvalue weighted by atomic mass is 9.98. The van der Waals surface area contributed by atoms with Crippen molar-refractivity contribution in [1.82, 2.24) is 24.4 Å². The number of phosphoric ester groups is 1. The molecule has 4 rings (SSSR count). The minimum Gasteiger partial charge on any atom is -0.437 e. The molecule has 4 heterocycles. The molecule has 0 bridgehead atoms. The van der Waals surface area contributed by atoms with Crippen LogP contribution in [0.1, 0.15) is 33.9 Å². The molecule has 2 saturated heterocycles. The third-order valence-electron chi connectivity index (χ3n) is 5.29. The highest BCUT2D eigenvalue weighted by Crippen LogP contribution is 2.63. The number of ether oxygens (including phenoxy) is 2. The number of hydrogen-bond donors (Lipinski definition) is 2. The van der Waals surface area contributed by atoms with Gasteiger partial charge in [-0.15, -0.1) is 4.83 Å². The van der Waals surface area contributed by atoms with Crippen molar-refractivity contribution in [2.24, 2.45) is 5.41 Å². The molecule has 16 nitrogen and oxygen atoms in total. The number of aliphatic hydroxyl groups is 1. The Morgan fingerprint density at radius 2 is 2.03 bits per heavy atom. The third-order valence-corrected chi connectivity index (χ3v) is 7.27. The average Bonchev–Trinajstić information content (AvgIpc) is 3.37. The first-order valence-electron chi connectivity index (χ1n) is 10.6. The van der Waals surface area contributed by atoms with E-state index < -0.39 is 60.2 Å². The summed E-state index contributed by atoms with van der Waals surface area (Å²) in [5.74, 6) is -0.431. The number of anilines is 1. The molecule has 0 radical (unpaired) electrons. The number of hydrogen-bond acceptors (Lipinski definition) is 14. The van der Waals surface area contributed by atoms with Crippen molar-refractivity contribution in [1.29, 1.82) is 0 Å². The molecule has 2 aliphatic heterocycles. The minimum absolute atomic E-state index is 0.150. The first-order chi connectivity index (χ1) is 16.5. The van der Waals surface area contributed by atoms with E-state index in [2.05, 4.69) is 19.8 Å². The summed E-state index contributed by atoms with van der Waals surface area (Å²) in [5, 5.41) is 12.4. The van der Waals surface area contributed by atoms with Crippen LogP contribution in [0.25, 0.3) is 11.2 Å². The molecule has 36 heavy (non-hydrogen) atoms. The predicted octanol–water partition coefficient (Wildman–Crippen LogP) is 0.420. The second-order valence-electron chi connectivity index (χ2n) is 9.53. The normalized spacial score (nSPS) is 30.5. The Morgan fingerprint density at radius 1 is 1.33 bits per heavy atom. The fourth-order valence-corrected chi connectivity index (χ4v) is 5.54. The summed E-state index contributed by atoms with van der Waals surface area (Å²) < 4.78 is 63.9. The van der Waals surface area contributed by atoms with Crippen LogP contribution < -0.4 is 9.84 Å². The number of fused-ring (bicyclic) bond motifs is 2. The van der Waals surface area contributed by atoms with Crippen LogP contribution in [0.4, 0.5) is 5.82 Å². The van der Waals surface area contributed by atoms with Crippen molar-refractivity contribution in [2.45, 2.75) is 51.9 Å². The van der Waals surface area contributed by atoms with Crippen LogP contribution >= 0.6 is 7.82 Å². The van der Waals surface area contributed by atoms with Crippen molar-refractivity contribution in [3.05, 3.63) is 12.7 Å². The molecule has 2 fully saturated rings. The lowest BCUT2D eigenvalue weighted by molar-refractivity contribution is -0.161. The van der Waals surface area contributed by atoms with E-state index in [0.717, 1.165) is 11.3 Å². The van der Waals surface area contributed by atoms with Crippen molar-refractivity contribution in [2.75, 3.05) is 25.1 Å². The maximum Gasteiger partial charge on any atom is 0.480 e. The molecule has 0 spiro atoms. The van der Waals surface area contributed by atoms with Gasteiger partial charge in [0.25, 0.3) is 0 Å². The second-order valence-corrected chi connectivity index (χ2v) is 12.8. The Labute approximate surface area is 206 Å². The van der Waals surface area contributed by atoms with Crippen molar-refractivity contribution in [3.63, 3.8) is 0 Å². The van der Waals surface area contributed by atoms with Gasteiger partial charge in [-0.2, -0.15) is 0 Å². The van der Waals surface area contributed by atoms with Gasteiger partial charge >= 0.3 is 13.8 Å². The average molecular weight is 550 g/mol. The highest BCUT2D eigenvalue weighted by molar-refractivity contribution is 7.88. The zero-order valence-electron chi connectivity index (χ0n) is 20.3. The number of imidazole rings is 1. The molecule has 0 saturated carbocycles. The van der Waals surface area contributed by atoms with E-state index in [-0.39, 0.29) is 17.0 Å². The first-order valence-corrected chi connectivity index (χ1v) is 13.9. The van der Waals surface area contributed by atoms with Gasteiger partial charge in [0.1, 0.15) is 11.9 Å². The summed E-state index contributed by atoms with van der Waals surface area (Å²) in [7, 11) is -6.37. The lowest BCUT2D eigenvalue weighted by Gasteiger charge is -2.28. The summed E-state index contributed by atoms with van der Waals surface area (Å²) in [6, 6.07) is 0. The number of rotatable bonds is 7. The highest BCUT2D eigenvalue weighted by Gasteiger charge is 2.64. The van der Waals surface area contributed by atoms with Gasteiger partial charge in [0.05, 0.1) is 18.0 Å². The van der Waals surface area contributed by atoms with Gasteiger partial charge in [-0.05, 0) is 27.7 Å². The fraction of sp³-hybridized carbons (Fsp3) is 0.667. The Hall–Kier alpha value is -2.24. The highest BCUT2D eigenvalue weighted by atomic mass is 32.2. The number of nitrogens with one attached hydrogen (secondary N) is 1. The molecule has 2 N–H and O–H groups in total. The third kappa shape index (κ3) is 5.10. The summed E-state index contributed by atoms with van der Waals surface area (Å²) in [4.78, 5) is 26.6. The predicted molar refractivity (Wildman–Crippen MR) is 121 cm³/mol. The van der Waals surface area contributed by atoms with E-state index in [1.165, 1.54) is 31.2 Å². The second kappa shape index (κ2) is 8.95. The largest absolute Gasteiger partial charge is 0.480 e. The van der Waals surface area contributed by atoms with Crippen LogP contribution in [0.2, 0.25) is 0 Å². The summed E-state index contributed by atoms with van der Waals surface area (Å²) >= 11 is 0. The first kappa shape index (κ1) is 26.8. The molecule has 2 aromatic heterocycles.